The van der Waals surface area contributed by atoms with Gasteiger partial charge in [0.15, 0.2) is 11.5 Å². The number of alkyl halides is 2. The van der Waals surface area contributed by atoms with Gasteiger partial charge in [0.25, 0.3) is 0 Å². The van der Waals surface area contributed by atoms with Crippen LogP contribution in [0.2, 0.25) is 0 Å². The van der Waals surface area contributed by atoms with Crippen molar-refractivity contribution in [3.63, 3.8) is 0 Å². The number of furan rings is 1. The van der Waals surface area contributed by atoms with Crippen molar-refractivity contribution < 1.29 is 22.7 Å². The Morgan fingerprint density at radius 3 is 2.75 bits per heavy atom. The predicted octanol–water partition coefficient (Wildman–Crippen LogP) is 3.64. The SMILES string of the molecule is CC(Cc1ccco1)Nc1ccc2c(c1)OC(F)(F)O2. The van der Waals surface area contributed by atoms with Gasteiger partial charge in [0.05, 0.1) is 6.26 Å². The van der Waals surface area contributed by atoms with Crippen LogP contribution in [0, 0.1) is 0 Å². The molecule has 0 saturated carbocycles. The van der Waals surface area contributed by atoms with Gasteiger partial charge in [-0.05, 0) is 31.2 Å². The molecule has 1 aliphatic rings. The first-order chi connectivity index (χ1) is 9.52. The fourth-order valence-electron chi connectivity index (χ4n) is 2.10. The Morgan fingerprint density at radius 2 is 2.00 bits per heavy atom. The molecule has 1 unspecified atom stereocenters. The van der Waals surface area contributed by atoms with Gasteiger partial charge >= 0.3 is 6.29 Å². The summed E-state index contributed by atoms with van der Waals surface area (Å²) < 4.78 is 39.8. The first-order valence-electron chi connectivity index (χ1n) is 6.21. The van der Waals surface area contributed by atoms with Crippen LogP contribution in [-0.2, 0) is 6.42 Å². The Hall–Kier alpha value is -2.24. The normalized spacial score (nSPS) is 16.9. The minimum atomic E-state index is -3.58. The molecule has 6 heteroatoms. The van der Waals surface area contributed by atoms with Gasteiger partial charge in [0.1, 0.15) is 5.76 Å². The fourth-order valence-corrected chi connectivity index (χ4v) is 2.10. The standard InChI is InChI=1S/C14H13F2NO3/c1-9(7-11-3-2-6-18-11)17-10-4-5-12-13(8-10)20-14(15,16)19-12/h2-6,8-9,17H,7H2,1H3. The van der Waals surface area contributed by atoms with E-state index in [9.17, 15) is 8.78 Å². The second kappa shape index (κ2) is 4.70. The zero-order valence-electron chi connectivity index (χ0n) is 10.7. The van der Waals surface area contributed by atoms with Gasteiger partial charge in [0.2, 0.25) is 0 Å². The lowest BCUT2D eigenvalue weighted by atomic mass is 10.2. The average molecular weight is 281 g/mol. The number of benzene rings is 1. The molecule has 1 aliphatic heterocycles. The molecule has 1 atom stereocenters. The molecular weight excluding hydrogens is 268 g/mol. The predicted molar refractivity (Wildman–Crippen MR) is 68.1 cm³/mol. The van der Waals surface area contributed by atoms with Gasteiger partial charge in [-0.25, -0.2) is 0 Å². The fraction of sp³-hybridized carbons (Fsp3) is 0.286. The molecule has 2 aromatic rings. The molecule has 1 aromatic heterocycles. The zero-order valence-corrected chi connectivity index (χ0v) is 10.7. The van der Waals surface area contributed by atoms with E-state index in [1.54, 1.807) is 12.3 Å². The molecular formula is C14H13F2NO3. The molecule has 20 heavy (non-hydrogen) atoms. The Balaban J connectivity index is 1.67. The number of fused-ring (bicyclic) bond motifs is 1. The van der Waals surface area contributed by atoms with Crippen LogP contribution in [0.15, 0.2) is 41.0 Å². The molecule has 0 amide bonds. The molecule has 0 spiro atoms. The summed E-state index contributed by atoms with van der Waals surface area (Å²) in [5.41, 5.74) is 0.684. The number of rotatable bonds is 4. The van der Waals surface area contributed by atoms with E-state index >= 15 is 0 Å². The average Bonchev–Trinajstić information content (AvgIpc) is 2.94. The van der Waals surface area contributed by atoms with E-state index < -0.39 is 6.29 Å². The van der Waals surface area contributed by atoms with Gasteiger partial charge in [-0.1, -0.05) is 0 Å². The monoisotopic (exact) mass is 281 g/mol. The summed E-state index contributed by atoms with van der Waals surface area (Å²) in [7, 11) is 0. The minimum Gasteiger partial charge on any atom is -0.469 e. The number of ether oxygens (including phenoxy) is 2. The minimum absolute atomic E-state index is 0.0326. The smallest absolute Gasteiger partial charge is 0.469 e. The third kappa shape index (κ3) is 2.68. The summed E-state index contributed by atoms with van der Waals surface area (Å²) in [4.78, 5) is 0. The maximum atomic E-state index is 12.9. The van der Waals surface area contributed by atoms with E-state index in [0.717, 1.165) is 5.76 Å². The van der Waals surface area contributed by atoms with Crippen molar-refractivity contribution in [2.75, 3.05) is 5.32 Å². The third-order valence-electron chi connectivity index (χ3n) is 2.90. The largest absolute Gasteiger partial charge is 0.586 e. The molecule has 3 rings (SSSR count). The topological polar surface area (TPSA) is 43.6 Å². The van der Waals surface area contributed by atoms with Gasteiger partial charge in [-0.3, -0.25) is 0 Å². The summed E-state index contributed by atoms with van der Waals surface area (Å²) in [6, 6.07) is 8.42. The third-order valence-corrected chi connectivity index (χ3v) is 2.90. The highest BCUT2D eigenvalue weighted by Gasteiger charge is 2.43. The molecule has 0 fully saturated rings. The molecule has 4 nitrogen and oxygen atoms in total. The van der Waals surface area contributed by atoms with Crippen LogP contribution in [0.4, 0.5) is 14.5 Å². The molecule has 2 heterocycles. The lowest BCUT2D eigenvalue weighted by Crippen LogP contribution is -2.25. The Kier molecular flexibility index (Phi) is 3.00. The van der Waals surface area contributed by atoms with Crippen molar-refractivity contribution in [3.8, 4) is 11.5 Å². The van der Waals surface area contributed by atoms with E-state index in [2.05, 4.69) is 14.8 Å². The second-order valence-corrected chi connectivity index (χ2v) is 4.66. The summed E-state index contributed by atoms with van der Waals surface area (Å²) in [5.74, 6) is 0.932. The summed E-state index contributed by atoms with van der Waals surface area (Å²) >= 11 is 0. The van der Waals surface area contributed by atoms with Crippen molar-refractivity contribution in [1.82, 2.24) is 0 Å². The highest BCUT2D eigenvalue weighted by molar-refractivity contribution is 5.56. The zero-order chi connectivity index (χ0) is 14.2. The highest BCUT2D eigenvalue weighted by atomic mass is 19.3. The van der Waals surface area contributed by atoms with Crippen LogP contribution in [0.25, 0.3) is 0 Å². The van der Waals surface area contributed by atoms with Gasteiger partial charge in [-0.2, -0.15) is 0 Å². The lowest BCUT2D eigenvalue weighted by molar-refractivity contribution is -0.286. The van der Waals surface area contributed by atoms with Crippen LogP contribution in [-0.4, -0.2) is 12.3 Å². The molecule has 0 saturated heterocycles. The Labute approximate surface area is 114 Å². The second-order valence-electron chi connectivity index (χ2n) is 4.66. The molecule has 0 radical (unpaired) electrons. The van der Waals surface area contributed by atoms with Crippen LogP contribution >= 0.6 is 0 Å². The van der Waals surface area contributed by atoms with Crippen molar-refractivity contribution in [3.05, 3.63) is 42.4 Å². The van der Waals surface area contributed by atoms with Gasteiger partial charge in [-0.15, -0.1) is 8.78 Å². The number of halogens is 2. The van der Waals surface area contributed by atoms with E-state index in [-0.39, 0.29) is 17.5 Å². The van der Waals surface area contributed by atoms with Crippen LogP contribution in [0.3, 0.4) is 0 Å². The van der Waals surface area contributed by atoms with Gasteiger partial charge < -0.3 is 19.2 Å². The first kappa shape index (κ1) is 12.8. The molecule has 0 bridgehead atoms. The number of anilines is 1. The van der Waals surface area contributed by atoms with E-state index in [4.69, 9.17) is 4.42 Å². The Morgan fingerprint density at radius 1 is 1.20 bits per heavy atom. The quantitative estimate of drug-likeness (QED) is 0.929. The van der Waals surface area contributed by atoms with Crippen LogP contribution in [0.5, 0.6) is 11.5 Å². The number of nitrogens with one attached hydrogen (secondary N) is 1. The summed E-state index contributed by atoms with van der Waals surface area (Å²) in [6.45, 7) is 1.97. The maximum absolute atomic E-state index is 12.9. The number of hydrogen-bond donors (Lipinski definition) is 1. The van der Waals surface area contributed by atoms with Crippen LogP contribution in [0.1, 0.15) is 12.7 Å². The summed E-state index contributed by atoms with van der Waals surface area (Å²) in [5, 5.41) is 3.20. The van der Waals surface area contributed by atoms with Crippen molar-refractivity contribution in [2.24, 2.45) is 0 Å². The Bertz CT molecular complexity index is 598. The molecule has 106 valence electrons. The number of hydrogen-bond acceptors (Lipinski definition) is 4. The molecule has 1 N–H and O–H groups in total. The first-order valence-corrected chi connectivity index (χ1v) is 6.21. The molecule has 0 aliphatic carbocycles. The van der Waals surface area contributed by atoms with E-state index in [1.165, 1.54) is 12.1 Å². The highest BCUT2D eigenvalue weighted by Crippen LogP contribution is 2.42. The van der Waals surface area contributed by atoms with E-state index in [1.807, 2.05) is 19.1 Å². The van der Waals surface area contributed by atoms with Gasteiger partial charge in [0, 0.05) is 24.2 Å². The maximum Gasteiger partial charge on any atom is 0.586 e. The summed E-state index contributed by atoms with van der Waals surface area (Å²) in [6.07, 6.45) is -1.27. The van der Waals surface area contributed by atoms with Crippen molar-refractivity contribution >= 4 is 5.69 Å². The van der Waals surface area contributed by atoms with Crippen molar-refractivity contribution in [1.29, 1.82) is 0 Å². The van der Waals surface area contributed by atoms with E-state index in [0.29, 0.717) is 12.1 Å². The lowest BCUT2D eigenvalue weighted by Gasteiger charge is -2.14. The van der Waals surface area contributed by atoms with Crippen molar-refractivity contribution in [2.45, 2.75) is 25.7 Å². The van der Waals surface area contributed by atoms with Crippen LogP contribution < -0.4 is 14.8 Å². The molecule has 1 aromatic carbocycles.